The van der Waals surface area contributed by atoms with Gasteiger partial charge in [-0.3, -0.25) is 47.9 Å². The molecule has 2 aliphatic rings. The molecule has 27 nitrogen and oxygen atoms in total. The zero-order valence-corrected chi connectivity index (χ0v) is 49.2. The molecular weight excluding hydrogens is 1150 g/mol. The second-order valence-electron chi connectivity index (χ2n) is 22.2. The number of aliphatic carboxylic acids is 1. The molecule has 0 saturated carbocycles. The minimum absolute atomic E-state index is 0.0272. The van der Waals surface area contributed by atoms with Gasteiger partial charge >= 0.3 is 5.97 Å². The summed E-state index contributed by atoms with van der Waals surface area (Å²) in [7, 11) is 0. The Labute approximate surface area is 512 Å². The number of nitrogens with two attached hydrogens (primary N) is 1. The summed E-state index contributed by atoms with van der Waals surface area (Å²) in [6.45, 7) is 2.06. The Bertz CT molecular complexity index is 3350. The number of carboxylic acids is 1. The lowest BCUT2D eigenvalue weighted by molar-refractivity contribution is -0.142. The van der Waals surface area contributed by atoms with Crippen LogP contribution < -0.4 is 53.6 Å². The van der Waals surface area contributed by atoms with Gasteiger partial charge in [-0.25, -0.2) is 4.79 Å². The summed E-state index contributed by atoms with van der Waals surface area (Å²) in [4.78, 5) is 152. The SMILES string of the molecule is C[C@@H](NC(=O)[C@H](Cc1ccccc1)NC(=O)[C@@H](C)NC(=O)[C@@H](N)Cc1ccc(O)cc1)C(=O)N[C@@H](Cc1ccc(O)cc1)C(=O)N1CCC[C@H]1C(=O)N[C@@H](CO)C(=O)NCCCC[C@H]1NC(=O)[C@@H](CC(=O)N[C@@H](Cc2c[nH]c3ccccc23)C(=O)O)NC1=O. The number of aliphatic hydroxyl groups is 1. The molecule has 89 heavy (non-hydrogen) atoms. The predicted molar refractivity (Wildman–Crippen MR) is 321 cm³/mol. The summed E-state index contributed by atoms with van der Waals surface area (Å²) in [5.74, 6) is -8.44. The van der Waals surface area contributed by atoms with Crippen molar-refractivity contribution in [3.63, 3.8) is 0 Å². The van der Waals surface area contributed by atoms with E-state index in [4.69, 9.17) is 5.73 Å². The maximum Gasteiger partial charge on any atom is 0.326 e. The normalized spacial score (nSPS) is 17.8. The van der Waals surface area contributed by atoms with Gasteiger partial charge in [0, 0.05) is 49.5 Å². The molecule has 2 saturated heterocycles. The number of fused-ring (bicyclic) bond motifs is 1. The number of aromatic nitrogens is 1. The average molecular weight is 1230 g/mol. The molecule has 474 valence electrons. The molecule has 0 spiro atoms. The van der Waals surface area contributed by atoms with Crippen molar-refractivity contribution in [1.82, 2.24) is 57.7 Å². The van der Waals surface area contributed by atoms with Gasteiger partial charge in [-0.1, -0.05) is 72.8 Å². The van der Waals surface area contributed by atoms with E-state index in [1.165, 1.54) is 55.1 Å². The lowest BCUT2D eigenvalue weighted by atomic mass is 10.0. The Morgan fingerprint density at radius 2 is 1.18 bits per heavy atom. The van der Waals surface area contributed by atoms with Crippen LogP contribution in [0.1, 0.15) is 74.6 Å². The number of benzene rings is 4. The Hall–Kier alpha value is -9.89. The van der Waals surface area contributed by atoms with E-state index >= 15 is 0 Å². The number of nitrogens with zero attached hydrogens (tertiary/aromatic N) is 1. The molecule has 2 aliphatic heterocycles. The highest BCUT2D eigenvalue weighted by atomic mass is 16.4. The van der Waals surface area contributed by atoms with Crippen LogP contribution in [0.25, 0.3) is 10.9 Å². The number of hydrogen-bond acceptors (Lipinski definition) is 15. The topological polar surface area (TPSA) is 422 Å². The van der Waals surface area contributed by atoms with Crippen molar-refractivity contribution in [2.24, 2.45) is 5.73 Å². The molecule has 3 heterocycles. The molecule has 5 aromatic rings. The summed E-state index contributed by atoms with van der Waals surface area (Å²) in [6, 6.07) is 15.7. The van der Waals surface area contributed by atoms with Gasteiger partial charge in [-0.15, -0.1) is 0 Å². The Balaban J connectivity index is 0.884. The number of phenolic OH excluding ortho intramolecular Hbond substituents is 2. The van der Waals surface area contributed by atoms with Crippen LogP contribution in [0, 0.1) is 0 Å². The van der Waals surface area contributed by atoms with E-state index in [9.17, 15) is 73.2 Å². The van der Waals surface area contributed by atoms with Crippen LogP contribution in [0.3, 0.4) is 0 Å². The van der Waals surface area contributed by atoms with Gasteiger partial charge in [-0.05, 0) is 105 Å². The number of piperazine rings is 1. The zero-order chi connectivity index (χ0) is 64.3. The highest BCUT2D eigenvalue weighted by Gasteiger charge is 2.40. The van der Waals surface area contributed by atoms with Crippen molar-refractivity contribution in [1.29, 1.82) is 0 Å². The largest absolute Gasteiger partial charge is 0.508 e. The first-order chi connectivity index (χ1) is 42.6. The molecule has 1 aromatic heterocycles. The van der Waals surface area contributed by atoms with E-state index in [0.29, 0.717) is 41.5 Å². The number of carbonyl (C=O) groups excluding carboxylic acids is 10. The number of nitrogens with one attached hydrogen (secondary N) is 10. The van der Waals surface area contributed by atoms with Crippen LogP contribution >= 0.6 is 0 Å². The third-order valence-electron chi connectivity index (χ3n) is 15.4. The van der Waals surface area contributed by atoms with Crippen LogP contribution in [0.4, 0.5) is 0 Å². The molecule has 0 bridgehead atoms. The quantitative estimate of drug-likeness (QED) is 0.0242. The van der Waals surface area contributed by atoms with Crippen LogP contribution in [0.2, 0.25) is 0 Å². The monoisotopic (exact) mass is 1230 g/mol. The first kappa shape index (κ1) is 66.6. The van der Waals surface area contributed by atoms with Gasteiger partial charge in [0.1, 0.15) is 65.9 Å². The fourth-order valence-corrected chi connectivity index (χ4v) is 10.4. The number of unbranched alkanes of at least 4 members (excludes halogenated alkanes) is 1. The number of aromatic hydroxyl groups is 2. The minimum Gasteiger partial charge on any atom is -0.508 e. The molecule has 16 N–H and O–H groups in total. The van der Waals surface area contributed by atoms with Gasteiger partial charge in [-0.2, -0.15) is 0 Å². The molecular formula is C62H76N12O15. The van der Waals surface area contributed by atoms with Crippen molar-refractivity contribution in [2.75, 3.05) is 19.7 Å². The molecule has 0 unspecified atom stereocenters. The summed E-state index contributed by atoms with van der Waals surface area (Å²) in [6.07, 6.45) is 2.34. The number of aromatic amines is 1. The van der Waals surface area contributed by atoms with E-state index in [1.54, 1.807) is 54.7 Å². The minimum atomic E-state index is -1.45. The first-order valence-corrected chi connectivity index (χ1v) is 29.3. The molecule has 27 heteroatoms. The standard InChI is InChI=1S/C62H76N12O15/c1-34(66-55(81)43(63)27-37-17-21-40(76)22-18-37)53(79)70-46(28-36-11-4-3-5-12-36)58(84)67-35(2)54(80)72-48(29-38-19-23-41(77)24-20-38)61(87)74-26-10-16-51(74)60(86)73-50(33-75)56(82)64-25-9-8-15-45-57(83)71-47(59(85)69-45)31-52(78)68-49(62(88)89)30-39-32-65-44-14-7-6-13-42(39)44/h3-7,11-14,17-24,32,34-35,43,45-51,65,75-77H,8-10,15-16,25-31,33,63H2,1-2H3,(H,64,82)(H,66,81)(H,67,84)(H,68,78)(H,69,85)(H,70,79)(H,71,83)(H,72,80)(H,73,86)(H,88,89)/t34-,35-,43+,45-,46+,47-,48+,49+,50+,51+/m1/s1. The van der Waals surface area contributed by atoms with Gasteiger partial charge in [0.15, 0.2) is 0 Å². The fourth-order valence-electron chi connectivity index (χ4n) is 10.4. The zero-order valence-electron chi connectivity index (χ0n) is 49.2. The molecule has 10 amide bonds. The number of H-pyrrole nitrogens is 1. The van der Waals surface area contributed by atoms with Crippen LogP contribution in [0.15, 0.2) is 109 Å². The highest BCUT2D eigenvalue weighted by Crippen LogP contribution is 2.23. The van der Waals surface area contributed by atoms with Crippen molar-refractivity contribution >= 4 is 75.9 Å². The van der Waals surface area contributed by atoms with Crippen LogP contribution in [-0.4, -0.2) is 175 Å². The number of hydrogen-bond donors (Lipinski definition) is 15. The molecule has 0 aliphatic carbocycles. The van der Waals surface area contributed by atoms with E-state index in [-0.39, 0.29) is 63.1 Å². The Morgan fingerprint density at radius 1 is 0.607 bits per heavy atom. The number of amides is 10. The lowest BCUT2D eigenvalue weighted by Gasteiger charge is -2.30. The maximum absolute atomic E-state index is 14.6. The third-order valence-corrected chi connectivity index (χ3v) is 15.4. The first-order valence-electron chi connectivity index (χ1n) is 29.3. The van der Waals surface area contributed by atoms with Gasteiger partial charge < -0.3 is 83.9 Å². The van der Waals surface area contributed by atoms with Gasteiger partial charge in [0.05, 0.1) is 19.1 Å². The number of para-hydroxylation sites is 1. The average Bonchev–Trinajstić information content (AvgIpc) is 3.64. The second-order valence-corrected chi connectivity index (χ2v) is 22.2. The van der Waals surface area contributed by atoms with Gasteiger partial charge in [0.25, 0.3) is 0 Å². The van der Waals surface area contributed by atoms with Crippen molar-refractivity contribution in [3.05, 3.63) is 132 Å². The number of phenols is 2. The molecule has 4 aromatic carbocycles. The number of rotatable bonds is 30. The number of carbonyl (C=O) groups is 11. The summed E-state index contributed by atoms with van der Waals surface area (Å²) in [5, 5.41) is 63.7. The van der Waals surface area contributed by atoms with E-state index in [1.807, 2.05) is 18.2 Å². The van der Waals surface area contributed by atoms with Crippen LogP contribution in [-0.2, 0) is 78.4 Å². The second kappa shape index (κ2) is 31.7. The fraction of sp³-hybridized carbons (Fsp3) is 0.403. The summed E-state index contributed by atoms with van der Waals surface area (Å²) >= 11 is 0. The highest BCUT2D eigenvalue weighted by molar-refractivity contribution is 6.00. The molecule has 10 atom stereocenters. The van der Waals surface area contributed by atoms with E-state index in [2.05, 4.69) is 52.8 Å². The summed E-state index contributed by atoms with van der Waals surface area (Å²) < 4.78 is 0. The molecule has 2 fully saturated rings. The van der Waals surface area contributed by atoms with E-state index < -0.39 is 138 Å². The van der Waals surface area contributed by atoms with Crippen molar-refractivity contribution in [2.45, 2.75) is 138 Å². The van der Waals surface area contributed by atoms with Gasteiger partial charge in [0.2, 0.25) is 59.1 Å². The van der Waals surface area contributed by atoms with E-state index in [0.717, 1.165) is 10.9 Å². The number of carboxylic acid groups (broad SMARTS) is 1. The Kier molecular flexibility index (Phi) is 23.7. The Morgan fingerprint density at radius 3 is 1.83 bits per heavy atom. The smallest absolute Gasteiger partial charge is 0.326 e. The number of likely N-dealkylation sites (tertiary alicyclic amines) is 1. The maximum atomic E-state index is 14.6. The predicted octanol–water partition coefficient (Wildman–Crippen LogP) is -1.15. The molecule has 7 rings (SSSR count). The number of aliphatic hydroxyl groups excluding tert-OH is 1. The van der Waals surface area contributed by atoms with Crippen molar-refractivity contribution < 1.29 is 73.2 Å². The van der Waals surface area contributed by atoms with Crippen LogP contribution in [0.5, 0.6) is 11.5 Å². The molecule has 0 radical (unpaired) electrons. The summed E-state index contributed by atoms with van der Waals surface area (Å²) in [5.41, 5.74) is 9.42. The lowest BCUT2D eigenvalue weighted by Crippen LogP contribution is -2.62. The third kappa shape index (κ3) is 19.1. The van der Waals surface area contributed by atoms with Crippen molar-refractivity contribution in [3.8, 4) is 11.5 Å².